The molecule has 1 aliphatic rings. The molecule has 0 radical (unpaired) electrons. The summed E-state index contributed by atoms with van der Waals surface area (Å²) in [6, 6.07) is 4.45. The lowest BCUT2D eigenvalue weighted by molar-refractivity contribution is -0.158. The van der Waals surface area contributed by atoms with Crippen molar-refractivity contribution >= 4 is 36.1 Å². The number of nitrogens with two attached hydrogens (primary N) is 1. The van der Waals surface area contributed by atoms with Gasteiger partial charge in [0.05, 0.1) is 12.6 Å². The quantitative estimate of drug-likeness (QED) is 0.418. The summed E-state index contributed by atoms with van der Waals surface area (Å²) in [6.07, 6.45) is 0.399. The highest BCUT2D eigenvalue weighted by molar-refractivity contribution is 6.04. The third-order valence-electron chi connectivity index (χ3n) is 4.15. The lowest BCUT2D eigenvalue weighted by Gasteiger charge is -2.30. The van der Waals surface area contributed by atoms with Crippen molar-refractivity contribution in [2.24, 2.45) is 5.73 Å². The number of likely N-dealkylation sites (tertiary alicyclic amines) is 1. The van der Waals surface area contributed by atoms with Gasteiger partial charge in [0, 0.05) is 6.42 Å². The number of rotatable bonds is 7. The first kappa shape index (κ1) is 23.4. The Hall–Kier alpha value is -2.65. The highest BCUT2D eigenvalue weighted by Gasteiger charge is 2.37. The zero-order chi connectivity index (χ0) is 20.0. The Labute approximate surface area is 168 Å². The molecule has 10 heteroatoms. The number of phenolic OH excluding ortho intramolecular Hbond substituents is 1. The summed E-state index contributed by atoms with van der Waals surface area (Å²) in [5.74, 6) is -2.24. The zero-order valence-electron chi connectivity index (χ0n) is 15.4. The number of piperidine rings is 1. The zero-order valence-corrected chi connectivity index (χ0v) is 16.2. The average Bonchev–Trinajstić information content (AvgIpc) is 2.63. The molecule has 2 atom stereocenters. The molecular weight excluding hydrogens is 390 g/mol. The standard InChI is InChI=1S/C18H23N3O6.ClH/c1-2-27-16(24)10-21-15(23)8-7-14(18(21)26)20-17(25)13(19)9-11-3-5-12(22)6-4-11;/h3-6,13-14,22H,2,7-10,19H2,1H3,(H,20,25);1H/t13-,14-;/m0./s1. The summed E-state index contributed by atoms with van der Waals surface area (Å²) >= 11 is 0. The number of halogens is 1. The van der Waals surface area contributed by atoms with E-state index in [1.54, 1.807) is 19.1 Å². The molecule has 2 rings (SSSR count). The number of hydrogen-bond acceptors (Lipinski definition) is 7. The number of imide groups is 1. The first-order chi connectivity index (χ1) is 12.8. The number of carbonyl (C=O) groups excluding carboxylic acids is 4. The lowest BCUT2D eigenvalue weighted by Crippen LogP contribution is -2.58. The Balaban J connectivity index is 0.00000392. The summed E-state index contributed by atoms with van der Waals surface area (Å²) in [5.41, 5.74) is 6.65. The molecular formula is C18H24ClN3O6. The van der Waals surface area contributed by atoms with Crippen LogP contribution in [0, 0.1) is 0 Å². The van der Waals surface area contributed by atoms with E-state index in [4.69, 9.17) is 10.5 Å². The molecule has 1 aromatic carbocycles. The van der Waals surface area contributed by atoms with Crippen LogP contribution in [-0.4, -0.2) is 58.9 Å². The molecule has 0 saturated carbocycles. The van der Waals surface area contributed by atoms with Gasteiger partial charge >= 0.3 is 5.97 Å². The topological polar surface area (TPSA) is 139 Å². The molecule has 0 unspecified atom stereocenters. The van der Waals surface area contributed by atoms with Gasteiger partial charge in [0.15, 0.2) is 0 Å². The van der Waals surface area contributed by atoms with E-state index < -0.39 is 42.3 Å². The highest BCUT2D eigenvalue weighted by atomic mass is 35.5. The van der Waals surface area contributed by atoms with Gasteiger partial charge < -0.3 is 20.9 Å². The van der Waals surface area contributed by atoms with E-state index in [0.717, 1.165) is 10.5 Å². The van der Waals surface area contributed by atoms with Crippen LogP contribution < -0.4 is 11.1 Å². The summed E-state index contributed by atoms with van der Waals surface area (Å²) < 4.78 is 4.76. The van der Waals surface area contributed by atoms with E-state index in [-0.39, 0.29) is 44.0 Å². The molecule has 3 amide bonds. The highest BCUT2D eigenvalue weighted by Crippen LogP contribution is 2.15. The maximum Gasteiger partial charge on any atom is 0.326 e. The number of carbonyl (C=O) groups is 4. The Morgan fingerprint density at radius 2 is 1.96 bits per heavy atom. The second-order valence-corrected chi connectivity index (χ2v) is 6.20. The minimum Gasteiger partial charge on any atom is -0.508 e. The Bertz CT molecular complexity index is 725. The molecule has 0 aliphatic carbocycles. The predicted octanol–water partition coefficient (Wildman–Crippen LogP) is -0.119. The number of phenols is 1. The van der Waals surface area contributed by atoms with Gasteiger partial charge in [-0.1, -0.05) is 12.1 Å². The third kappa shape index (κ3) is 6.21. The molecule has 0 spiro atoms. The molecule has 1 heterocycles. The number of aromatic hydroxyl groups is 1. The Morgan fingerprint density at radius 1 is 1.32 bits per heavy atom. The van der Waals surface area contributed by atoms with Crippen LogP contribution in [0.5, 0.6) is 5.75 Å². The van der Waals surface area contributed by atoms with Gasteiger partial charge in [0.25, 0.3) is 5.91 Å². The molecule has 28 heavy (non-hydrogen) atoms. The van der Waals surface area contributed by atoms with Gasteiger partial charge in [0.2, 0.25) is 11.8 Å². The second kappa shape index (κ2) is 10.6. The molecule has 1 aromatic rings. The Kier molecular flexibility index (Phi) is 8.87. The van der Waals surface area contributed by atoms with E-state index in [0.29, 0.717) is 0 Å². The molecule has 0 bridgehead atoms. The maximum atomic E-state index is 12.4. The van der Waals surface area contributed by atoms with Gasteiger partial charge in [-0.3, -0.25) is 24.1 Å². The van der Waals surface area contributed by atoms with E-state index in [9.17, 15) is 24.3 Å². The molecule has 0 aromatic heterocycles. The molecule has 154 valence electrons. The monoisotopic (exact) mass is 413 g/mol. The van der Waals surface area contributed by atoms with Crippen molar-refractivity contribution in [3.8, 4) is 5.75 Å². The Morgan fingerprint density at radius 3 is 2.57 bits per heavy atom. The number of benzene rings is 1. The number of nitrogens with one attached hydrogen (secondary N) is 1. The van der Waals surface area contributed by atoms with Gasteiger partial charge in [0.1, 0.15) is 18.3 Å². The summed E-state index contributed by atoms with van der Waals surface area (Å²) in [4.78, 5) is 49.0. The fourth-order valence-electron chi connectivity index (χ4n) is 2.73. The van der Waals surface area contributed by atoms with Gasteiger partial charge in [-0.15, -0.1) is 12.4 Å². The van der Waals surface area contributed by atoms with Crippen LogP contribution in [0.4, 0.5) is 0 Å². The second-order valence-electron chi connectivity index (χ2n) is 6.20. The number of ether oxygens (including phenoxy) is 1. The van der Waals surface area contributed by atoms with E-state index in [2.05, 4.69) is 5.32 Å². The van der Waals surface area contributed by atoms with E-state index in [1.165, 1.54) is 12.1 Å². The fourth-order valence-corrected chi connectivity index (χ4v) is 2.73. The number of amides is 3. The van der Waals surface area contributed by atoms with Crippen molar-refractivity contribution in [1.29, 1.82) is 0 Å². The van der Waals surface area contributed by atoms with Crippen molar-refractivity contribution in [3.63, 3.8) is 0 Å². The summed E-state index contributed by atoms with van der Waals surface area (Å²) in [6.45, 7) is 1.29. The van der Waals surface area contributed by atoms with Crippen LogP contribution in [0.1, 0.15) is 25.3 Å². The van der Waals surface area contributed by atoms with Gasteiger partial charge in [-0.2, -0.15) is 0 Å². The number of hydrogen-bond donors (Lipinski definition) is 3. The molecule has 1 fully saturated rings. The molecule has 1 saturated heterocycles. The van der Waals surface area contributed by atoms with Crippen LogP contribution in [0.15, 0.2) is 24.3 Å². The fraction of sp³-hybridized carbons (Fsp3) is 0.444. The first-order valence-electron chi connectivity index (χ1n) is 8.65. The van der Waals surface area contributed by atoms with Crippen molar-refractivity contribution in [2.75, 3.05) is 13.2 Å². The molecule has 1 aliphatic heterocycles. The van der Waals surface area contributed by atoms with Crippen LogP contribution in [0.2, 0.25) is 0 Å². The number of nitrogens with zero attached hydrogens (tertiary/aromatic N) is 1. The summed E-state index contributed by atoms with van der Waals surface area (Å²) in [5, 5.41) is 11.8. The minimum absolute atomic E-state index is 0. The number of esters is 1. The van der Waals surface area contributed by atoms with Crippen molar-refractivity contribution in [1.82, 2.24) is 10.2 Å². The van der Waals surface area contributed by atoms with Gasteiger partial charge in [-0.25, -0.2) is 0 Å². The van der Waals surface area contributed by atoms with Crippen molar-refractivity contribution in [3.05, 3.63) is 29.8 Å². The minimum atomic E-state index is -0.921. The van der Waals surface area contributed by atoms with E-state index in [1.807, 2.05) is 0 Å². The largest absolute Gasteiger partial charge is 0.508 e. The summed E-state index contributed by atoms with van der Waals surface area (Å²) in [7, 11) is 0. The SMILES string of the molecule is CCOC(=O)CN1C(=O)CC[C@H](NC(=O)[C@@H](N)Cc2ccc(O)cc2)C1=O.Cl. The van der Waals surface area contributed by atoms with Crippen LogP contribution >= 0.6 is 12.4 Å². The molecule has 9 nitrogen and oxygen atoms in total. The third-order valence-corrected chi connectivity index (χ3v) is 4.15. The smallest absolute Gasteiger partial charge is 0.326 e. The molecule has 4 N–H and O–H groups in total. The van der Waals surface area contributed by atoms with Crippen LogP contribution in [0.3, 0.4) is 0 Å². The van der Waals surface area contributed by atoms with Crippen molar-refractivity contribution in [2.45, 2.75) is 38.3 Å². The first-order valence-corrected chi connectivity index (χ1v) is 8.65. The van der Waals surface area contributed by atoms with E-state index >= 15 is 0 Å². The van der Waals surface area contributed by atoms with Crippen LogP contribution in [0.25, 0.3) is 0 Å². The normalized spacial score (nSPS) is 17.5. The average molecular weight is 414 g/mol. The lowest BCUT2D eigenvalue weighted by atomic mass is 10.0. The predicted molar refractivity (Wildman–Crippen MR) is 102 cm³/mol. The maximum absolute atomic E-state index is 12.4. The van der Waals surface area contributed by atoms with Crippen molar-refractivity contribution < 1.29 is 29.0 Å². The van der Waals surface area contributed by atoms with Crippen LogP contribution in [-0.2, 0) is 30.3 Å². The van der Waals surface area contributed by atoms with Gasteiger partial charge in [-0.05, 0) is 37.5 Å².